The second kappa shape index (κ2) is 3.64. The van der Waals surface area contributed by atoms with Gasteiger partial charge in [0.1, 0.15) is 0 Å². The van der Waals surface area contributed by atoms with E-state index in [0.717, 1.165) is 35.1 Å². The summed E-state index contributed by atoms with van der Waals surface area (Å²) in [5.41, 5.74) is 2.02. The molecule has 0 unspecified atom stereocenters. The summed E-state index contributed by atoms with van der Waals surface area (Å²) in [4.78, 5) is 0. The van der Waals surface area contributed by atoms with Crippen LogP contribution in [0.4, 0.5) is 0 Å². The van der Waals surface area contributed by atoms with Crippen LogP contribution in [0, 0.1) is 23.7 Å². The summed E-state index contributed by atoms with van der Waals surface area (Å²) in [7, 11) is 1.94. The standard InChI is InChI=1S/C11H14BrN3/c1-8-10(12)9(15(2)14-8)6-11(7-13)4-3-5-11/h3-6H2,1-2H3. The fraction of sp³-hybridized carbons (Fsp3) is 0.636. The molecule has 1 saturated carbocycles. The highest BCUT2D eigenvalue weighted by molar-refractivity contribution is 9.10. The second-order valence-electron chi connectivity index (χ2n) is 4.39. The Kier molecular flexibility index (Phi) is 2.59. The fourth-order valence-electron chi connectivity index (χ4n) is 2.12. The van der Waals surface area contributed by atoms with Crippen LogP contribution in [-0.4, -0.2) is 9.78 Å². The van der Waals surface area contributed by atoms with Gasteiger partial charge in [0.2, 0.25) is 0 Å². The fourth-order valence-corrected chi connectivity index (χ4v) is 2.60. The van der Waals surface area contributed by atoms with E-state index in [2.05, 4.69) is 27.1 Å². The normalized spacial score (nSPS) is 18.3. The molecular formula is C11H14BrN3. The molecule has 0 aliphatic heterocycles. The minimum atomic E-state index is -0.122. The molecule has 80 valence electrons. The van der Waals surface area contributed by atoms with E-state index in [1.54, 1.807) is 0 Å². The third-order valence-corrected chi connectivity index (χ3v) is 4.35. The van der Waals surface area contributed by atoms with Crippen LogP contribution in [0.5, 0.6) is 0 Å². The third-order valence-electron chi connectivity index (χ3n) is 3.32. The molecule has 0 bridgehead atoms. The smallest absolute Gasteiger partial charge is 0.0738 e. The molecule has 0 radical (unpaired) electrons. The molecule has 1 fully saturated rings. The van der Waals surface area contributed by atoms with Crippen molar-refractivity contribution >= 4 is 15.9 Å². The molecule has 0 N–H and O–H groups in total. The summed E-state index contributed by atoms with van der Waals surface area (Å²) in [5, 5.41) is 13.5. The Morgan fingerprint density at radius 1 is 1.60 bits per heavy atom. The molecular weight excluding hydrogens is 254 g/mol. The number of nitriles is 1. The van der Waals surface area contributed by atoms with E-state index >= 15 is 0 Å². The quantitative estimate of drug-likeness (QED) is 0.827. The molecule has 1 aliphatic carbocycles. The predicted molar refractivity (Wildman–Crippen MR) is 61.2 cm³/mol. The molecule has 4 heteroatoms. The summed E-state index contributed by atoms with van der Waals surface area (Å²) in [6.45, 7) is 1.98. The zero-order valence-corrected chi connectivity index (χ0v) is 10.6. The molecule has 1 aromatic rings. The maximum Gasteiger partial charge on any atom is 0.0738 e. The number of aryl methyl sites for hydroxylation is 2. The van der Waals surface area contributed by atoms with Gasteiger partial charge in [-0.3, -0.25) is 4.68 Å². The Labute approximate surface area is 98.2 Å². The van der Waals surface area contributed by atoms with Crippen LogP contribution in [0.15, 0.2) is 4.47 Å². The van der Waals surface area contributed by atoms with Crippen LogP contribution in [0.25, 0.3) is 0 Å². The molecule has 3 nitrogen and oxygen atoms in total. The molecule has 0 aromatic carbocycles. The Morgan fingerprint density at radius 2 is 2.27 bits per heavy atom. The third kappa shape index (κ3) is 1.69. The molecule has 1 aromatic heterocycles. The van der Waals surface area contributed by atoms with E-state index < -0.39 is 0 Å². The van der Waals surface area contributed by atoms with Crippen molar-refractivity contribution in [2.45, 2.75) is 32.6 Å². The van der Waals surface area contributed by atoms with Crippen molar-refractivity contribution < 1.29 is 0 Å². The first-order chi connectivity index (χ1) is 7.08. The zero-order chi connectivity index (χ0) is 11.1. The van der Waals surface area contributed by atoms with Crippen LogP contribution in [0.1, 0.15) is 30.7 Å². The van der Waals surface area contributed by atoms with E-state index in [-0.39, 0.29) is 5.41 Å². The van der Waals surface area contributed by atoms with Crippen molar-refractivity contribution in [1.29, 1.82) is 5.26 Å². The average Bonchev–Trinajstić information content (AvgIpc) is 2.37. The Morgan fingerprint density at radius 3 is 2.60 bits per heavy atom. The van der Waals surface area contributed by atoms with Crippen molar-refractivity contribution in [1.82, 2.24) is 9.78 Å². The van der Waals surface area contributed by atoms with Crippen molar-refractivity contribution in [2.24, 2.45) is 12.5 Å². The summed E-state index contributed by atoms with van der Waals surface area (Å²) < 4.78 is 2.95. The van der Waals surface area contributed by atoms with E-state index in [4.69, 9.17) is 0 Å². The molecule has 1 aliphatic rings. The monoisotopic (exact) mass is 267 g/mol. The van der Waals surface area contributed by atoms with Crippen LogP contribution in [-0.2, 0) is 13.5 Å². The molecule has 15 heavy (non-hydrogen) atoms. The number of hydrogen-bond acceptors (Lipinski definition) is 2. The molecule has 0 atom stereocenters. The number of hydrogen-bond donors (Lipinski definition) is 0. The van der Waals surface area contributed by atoms with Gasteiger partial charge in [0.15, 0.2) is 0 Å². The van der Waals surface area contributed by atoms with Gasteiger partial charge in [0, 0.05) is 13.5 Å². The van der Waals surface area contributed by atoms with E-state index in [9.17, 15) is 5.26 Å². The van der Waals surface area contributed by atoms with Crippen molar-refractivity contribution in [3.63, 3.8) is 0 Å². The average molecular weight is 268 g/mol. The molecule has 0 spiro atoms. The zero-order valence-electron chi connectivity index (χ0n) is 9.05. The summed E-state index contributed by atoms with van der Waals surface area (Å²) >= 11 is 3.54. The minimum Gasteiger partial charge on any atom is -0.271 e. The SMILES string of the molecule is Cc1nn(C)c(CC2(C#N)CCC2)c1Br. The molecule has 0 saturated heterocycles. The van der Waals surface area contributed by atoms with Gasteiger partial charge >= 0.3 is 0 Å². The Balaban J connectivity index is 2.28. The summed E-state index contributed by atoms with van der Waals surface area (Å²) in [6.07, 6.45) is 4.06. The van der Waals surface area contributed by atoms with Crippen molar-refractivity contribution in [3.05, 3.63) is 15.9 Å². The van der Waals surface area contributed by atoms with Gasteiger partial charge in [-0.05, 0) is 35.7 Å². The van der Waals surface area contributed by atoms with Crippen LogP contribution < -0.4 is 0 Å². The van der Waals surface area contributed by atoms with Gasteiger partial charge in [0.05, 0.1) is 27.3 Å². The molecule has 2 rings (SSSR count). The van der Waals surface area contributed by atoms with E-state index in [1.807, 2.05) is 18.7 Å². The van der Waals surface area contributed by atoms with Gasteiger partial charge in [-0.15, -0.1) is 0 Å². The topological polar surface area (TPSA) is 41.6 Å². The highest BCUT2D eigenvalue weighted by Crippen LogP contribution is 2.44. The lowest BCUT2D eigenvalue weighted by atomic mass is 9.67. The lowest BCUT2D eigenvalue weighted by molar-refractivity contribution is 0.209. The second-order valence-corrected chi connectivity index (χ2v) is 5.19. The summed E-state index contributed by atoms with van der Waals surface area (Å²) in [6, 6.07) is 2.47. The van der Waals surface area contributed by atoms with E-state index in [1.165, 1.54) is 6.42 Å². The van der Waals surface area contributed by atoms with Crippen LogP contribution in [0.2, 0.25) is 0 Å². The summed E-state index contributed by atoms with van der Waals surface area (Å²) in [5.74, 6) is 0. The van der Waals surface area contributed by atoms with Crippen LogP contribution >= 0.6 is 15.9 Å². The first-order valence-electron chi connectivity index (χ1n) is 5.17. The highest BCUT2D eigenvalue weighted by Gasteiger charge is 2.38. The van der Waals surface area contributed by atoms with E-state index in [0.29, 0.717) is 0 Å². The molecule has 0 amide bonds. The predicted octanol–water partition coefficient (Wildman–Crippen LogP) is 2.73. The van der Waals surface area contributed by atoms with Gasteiger partial charge in [-0.1, -0.05) is 6.42 Å². The number of rotatable bonds is 2. The van der Waals surface area contributed by atoms with Crippen molar-refractivity contribution in [2.75, 3.05) is 0 Å². The lowest BCUT2D eigenvalue weighted by Gasteiger charge is -2.35. The first-order valence-corrected chi connectivity index (χ1v) is 5.96. The van der Waals surface area contributed by atoms with Gasteiger partial charge < -0.3 is 0 Å². The number of aromatic nitrogens is 2. The van der Waals surface area contributed by atoms with Crippen LogP contribution in [0.3, 0.4) is 0 Å². The Bertz CT molecular complexity index is 424. The first kappa shape index (κ1) is 10.7. The largest absolute Gasteiger partial charge is 0.271 e. The van der Waals surface area contributed by atoms with Crippen molar-refractivity contribution in [3.8, 4) is 6.07 Å². The Hall–Kier alpha value is -0.820. The maximum absolute atomic E-state index is 9.19. The highest BCUT2D eigenvalue weighted by atomic mass is 79.9. The van der Waals surface area contributed by atoms with Gasteiger partial charge in [-0.2, -0.15) is 10.4 Å². The minimum absolute atomic E-state index is 0.122. The molecule has 1 heterocycles. The number of nitrogens with zero attached hydrogens (tertiary/aromatic N) is 3. The van der Waals surface area contributed by atoms with Gasteiger partial charge in [-0.25, -0.2) is 0 Å². The van der Waals surface area contributed by atoms with Gasteiger partial charge in [0.25, 0.3) is 0 Å². The lowest BCUT2D eigenvalue weighted by Crippen LogP contribution is -2.30. The number of halogens is 1. The maximum atomic E-state index is 9.19.